The van der Waals surface area contributed by atoms with Crippen LogP contribution in [0.1, 0.15) is 25.9 Å². The van der Waals surface area contributed by atoms with E-state index in [1.54, 1.807) is 17.6 Å². The van der Waals surface area contributed by atoms with Crippen molar-refractivity contribution in [2.24, 2.45) is 0 Å². The van der Waals surface area contributed by atoms with Crippen LogP contribution >= 0.6 is 23.1 Å². The lowest BCUT2D eigenvalue weighted by Crippen LogP contribution is -1.99. The predicted octanol–water partition coefficient (Wildman–Crippen LogP) is 3.56. The number of carbonyl (C=O) groups excluding carboxylic acids is 1. The quantitative estimate of drug-likeness (QED) is 0.794. The van der Waals surface area contributed by atoms with Crippen LogP contribution in [0.15, 0.2) is 28.9 Å². The Balaban J connectivity index is 1.79. The molecule has 3 heterocycles. The lowest BCUT2D eigenvalue weighted by atomic mass is 10.1. The van der Waals surface area contributed by atoms with Crippen LogP contribution in [0.5, 0.6) is 0 Å². The van der Waals surface area contributed by atoms with E-state index in [1.165, 1.54) is 16.2 Å². The summed E-state index contributed by atoms with van der Waals surface area (Å²) in [4.78, 5) is 14.4. The molecule has 0 unspecified atom stereocenters. The van der Waals surface area contributed by atoms with Crippen molar-refractivity contribution >= 4 is 28.9 Å². The van der Waals surface area contributed by atoms with Crippen molar-refractivity contribution in [2.75, 3.05) is 5.75 Å². The maximum Gasteiger partial charge on any atom is 0.180 e. The van der Waals surface area contributed by atoms with E-state index in [0.29, 0.717) is 6.42 Å². The molecule has 2 aromatic heterocycles. The molecule has 0 amide bonds. The number of Topliss-reactive ketones (excluding diaryl/α,β-unsaturated/α-hetero) is 1. The fraction of sp³-hybridized carbons (Fsp3) is 0.308. The van der Waals surface area contributed by atoms with E-state index in [0.717, 1.165) is 22.8 Å². The largest absolute Gasteiger partial charge is 0.469 e. The molecule has 88 valence electrons. The maximum absolute atomic E-state index is 12.1. The zero-order chi connectivity index (χ0) is 11.7. The first-order valence-corrected chi connectivity index (χ1v) is 7.55. The van der Waals surface area contributed by atoms with E-state index in [9.17, 15) is 4.79 Å². The maximum atomic E-state index is 12.1. The normalized spacial score (nSPS) is 14.6. The summed E-state index contributed by atoms with van der Waals surface area (Å²) in [6, 6.07) is 5.73. The Labute approximate surface area is 108 Å². The first-order chi connectivity index (χ1) is 8.33. The molecule has 0 saturated heterocycles. The highest BCUT2D eigenvalue weighted by Crippen LogP contribution is 2.32. The highest BCUT2D eigenvalue weighted by molar-refractivity contribution is 7.98. The molecule has 0 N–H and O–H groups in total. The molecule has 2 nitrogen and oxygen atoms in total. The van der Waals surface area contributed by atoms with E-state index in [-0.39, 0.29) is 5.78 Å². The second kappa shape index (κ2) is 4.70. The molecule has 0 aromatic carbocycles. The van der Waals surface area contributed by atoms with E-state index in [1.807, 2.05) is 23.9 Å². The van der Waals surface area contributed by atoms with Crippen LogP contribution in [-0.4, -0.2) is 11.5 Å². The van der Waals surface area contributed by atoms with Gasteiger partial charge in [-0.3, -0.25) is 4.79 Å². The number of aryl methyl sites for hydroxylation is 1. The van der Waals surface area contributed by atoms with Crippen LogP contribution < -0.4 is 0 Å². The molecule has 17 heavy (non-hydrogen) atoms. The zero-order valence-corrected chi connectivity index (χ0v) is 10.9. The van der Waals surface area contributed by atoms with Gasteiger partial charge in [-0.1, -0.05) is 0 Å². The van der Waals surface area contributed by atoms with Gasteiger partial charge in [0.2, 0.25) is 0 Å². The van der Waals surface area contributed by atoms with Gasteiger partial charge < -0.3 is 4.42 Å². The molecular formula is C13H12O2S2. The first-order valence-electron chi connectivity index (χ1n) is 5.58. The molecule has 0 atom stereocenters. The van der Waals surface area contributed by atoms with Crippen LogP contribution in [0.2, 0.25) is 0 Å². The number of furan rings is 1. The zero-order valence-electron chi connectivity index (χ0n) is 9.27. The van der Waals surface area contributed by atoms with Gasteiger partial charge in [0.25, 0.3) is 0 Å². The van der Waals surface area contributed by atoms with Crippen molar-refractivity contribution in [3.05, 3.63) is 45.5 Å². The van der Waals surface area contributed by atoms with E-state index in [4.69, 9.17) is 4.42 Å². The average molecular weight is 264 g/mol. The second-order valence-electron chi connectivity index (χ2n) is 4.04. The SMILES string of the molecule is O=C(Cc1ccco1)c1cc2c(s1)CCSC2. The smallest absolute Gasteiger partial charge is 0.180 e. The van der Waals surface area contributed by atoms with Crippen LogP contribution in [0, 0.1) is 0 Å². The van der Waals surface area contributed by atoms with Gasteiger partial charge >= 0.3 is 0 Å². The number of rotatable bonds is 3. The summed E-state index contributed by atoms with van der Waals surface area (Å²) >= 11 is 3.61. The van der Waals surface area contributed by atoms with Gasteiger partial charge in [0.05, 0.1) is 17.6 Å². The molecule has 0 saturated carbocycles. The number of hydrogen-bond acceptors (Lipinski definition) is 4. The van der Waals surface area contributed by atoms with E-state index >= 15 is 0 Å². The Bertz CT molecular complexity index is 502. The molecule has 0 fully saturated rings. The van der Waals surface area contributed by atoms with Crippen molar-refractivity contribution in [1.82, 2.24) is 0 Å². The van der Waals surface area contributed by atoms with Crippen molar-refractivity contribution in [3.8, 4) is 0 Å². The fourth-order valence-corrected chi connectivity index (χ4v) is 4.25. The number of thiophene rings is 1. The number of ketones is 1. The molecule has 0 aliphatic carbocycles. The van der Waals surface area contributed by atoms with Crippen molar-refractivity contribution in [3.63, 3.8) is 0 Å². The Hall–Kier alpha value is -1.000. The van der Waals surface area contributed by atoms with Crippen LogP contribution in [0.25, 0.3) is 0 Å². The highest BCUT2D eigenvalue weighted by Gasteiger charge is 2.18. The summed E-state index contributed by atoms with van der Waals surface area (Å²) in [5.41, 5.74) is 1.36. The third-order valence-electron chi connectivity index (χ3n) is 2.82. The number of hydrogen-bond donors (Lipinski definition) is 0. The van der Waals surface area contributed by atoms with Gasteiger partial charge in [0.1, 0.15) is 5.76 Å². The van der Waals surface area contributed by atoms with Crippen LogP contribution in [0.4, 0.5) is 0 Å². The summed E-state index contributed by atoms with van der Waals surface area (Å²) < 4.78 is 5.21. The molecule has 2 aromatic rings. The van der Waals surface area contributed by atoms with Gasteiger partial charge in [0, 0.05) is 10.6 Å². The van der Waals surface area contributed by atoms with Crippen LogP contribution in [-0.2, 0) is 18.6 Å². The Morgan fingerprint density at radius 3 is 3.18 bits per heavy atom. The number of thioether (sulfide) groups is 1. The van der Waals surface area contributed by atoms with Gasteiger partial charge in [-0.25, -0.2) is 0 Å². The standard InChI is InChI=1S/C13H12O2S2/c14-11(7-10-2-1-4-15-10)13-6-9-8-16-5-3-12(9)17-13/h1-2,4,6H,3,5,7-8H2. The molecule has 1 aliphatic rings. The summed E-state index contributed by atoms with van der Waals surface area (Å²) in [6.45, 7) is 0. The summed E-state index contributed by atoms with van der Waals surface area (Å²) in [5, 5.41) is 0. The summed E-state index contributed by atoms with van der Waals surface area (Å²) in [7, 11) is 0. The van der Waals surface area contributed by atoms with Gasteiger partial charge in [0.15, 0.2) is 5.78 Å². The van der Waals surface area contributed by atoms with Crippen LogP contribution in [0.3, 0.4) is 0 Å². The lowest BCUT2D eigenvalue weighted by molar-refractivity contribution is 0.0991. The molecular weight excluding hydrogens is 252 g/mol. The van der Waals surface area contributed by atoms with Gasteiger partial charge in [-0.05, 0) is 35.9 Å². The fourth-order valence-electron chi connectivity index (χ4n) is 1.94. The minimum absolute atomic E-state index is 0.171. The van der Waals surface area contributed by atoms with Crippen molar-refractivity contribution < 1.29 is 9.21 Å². The summed E-state index contributed by atoms with van der Waals surface area (Å²) in [5.74, 6) is 3.15. The Morgan fingerprint density at radius 1 is 1.47 bits per heavy atom. The first kappa shape index (κ1) is 11.1. The average Bonchev–Trinajstić information content (AvgIpc) is 2.96. The number of carbonyl (C=O) groups is 1. The lowest BCUT2D eigenvalue weighted by Gasteiger charge is -2.08. The highest BCUT2D eigenvalue weighted by atomic mass is 32.2. The second-order valence-corrected chi connectivity index (χ2v) is 6.28. The third-order valence-corrected chi connectivity index (χ3v) is 5.10. The molecule has 0 spiro atoms. The van der Waals surface area contributed by atoms with Crippen molar-refractivity contribution in [1.29, 1.82) is 0 Å². The Morgan fingerprint density at radius 2 is 2.41 bits per heavy atom. The van der Waals surface area contributed by atoms with Gasteiger partial charge in [-0.15, -0.1) is 11.3 Å². The third kappa shape index (κ3) is 2.33. The summed E-state index contributed by atoms with van der Waals surface area (Å²) in [6.07, 6.45) is 3.09. The van der Waals surface area contributed by atoms with Crippen molar-refractivity contribution in [2.45, 2.75) is 18.6 Å². The van der Waals surface area contributed by atoms with Gasteiger partial charge in [-0.2, -0.15) is 11.8 Å². The van der Waals surface area contributed by atoms with E-state index in [2.05, 4.69) is 6.07 Å². The van der Waals surface area contributed by atoms with E-state index < -0.39 is 0 Å². The molecule has 0 radical (unpaired) electrons. The molecule has 1 aliphatic heterocycles. The predicted molar refractivity (Wildman–Crippen MR) is 70.9 cm³/mol. The minimum atomic E-state index is 0.171. The Kier molecular flexibility index (Phi) is 3.07. The number of fused-ring (bicyclic) bond motifs is 1. The molecule has 0 bridgehead atoms. The molecule has 3 rings (SSSR count). The topological polar surface area (TPSA) is 30.2 Å². The minimum Gasteiger partial charge on any atom is -0.469 e. The molecule has 4 heteroatoms. The monoisotopic (exact) mass is 264 g/mol.